The number of nitrogens with one attached hydrogen (secondary N) is 1. The number of carbonyl (C=O) groups excluding carboxylic acids is 1. The van der Waals surface area contributed by atoms with Crippen molar-refractivity contribution in [3.63, 3.8) is 0 Å². The minimum atomic E-state index is -0.395. The van der Waals surface area contributed by atoms with E-state index in [1.165, 1.54) is 38.5 Å². The van der Waals surface area contributed by atoms with Crippen molar-refractivity contribution in [1.82, 2.24) is 10.2 Å². The molecule has 2 rings (SSSR count). The van der Waals surface area contributed by atoms with Crippen LogP contribution in [0.15, 0.2) is 0 Å². The fourth-order valence-corrected chi connectivity index (χ4v) is 3.58. The maximum absolute atomic E-state index is 12.0. The lowest BCUT2D eigenvalue weighted by Crippen LogP contribution is -2.36. The van der Waals surface area contributed by atoms with Crippen LogP contribution in [0.25, 0.3) is 0 Å². The first-order chi connectivity index (χ1) is 10.4. The molecule has 128 valence electrons. The van der Waals surface area contributed by atoms with Crippen LogP contribution in [0.3, 0.4) is 0 Å². The van der Waals surface area contributed by atoms with E-state index in [9.17, 15) is 4.79 Å². The number of likely N-dealkylation sites (tertiary alicyclic amines) is 1. The molecule has 0 bridgehead atoms. The van der Waals surface area contributed by atoms with Crippen molar-refractivity contribution in [2.75, 3.05) is 26.2 Å². The Morgan fingerprint density at radius 1 is 1.14 bits per heavy atom. The summed E-state index contributed by atoms with van der Waals surface area (Å²) in [4.78, 5) is 13.9. The zero-order valence-corrected chi connectivity index (χ0v) is 14.7. The number of hydrogen-bond donors (Lipinski definition) is 1. The molecule has 0 aromatic carbocycles. The Morgan fingerprint density at radius 3 is 2.55 bits per heavy atom. The molecule has 1 N–H and O–H groups in total. The minimum Gasteiger partial charge on any atom is -0.444 e. The van der Waals surface area contributed by atoms with Gasteiger partial charge in [-0.05, 0) is 58.5 Å². The number of hydrogen-bond acceptors (Lipinski definition) is 3. The van der Waals surface area contributed by atoms with Gasteiger partial charge in [0.1, 0.15) is 5.60 Å². The largest absolute Gasteiger partial charge is 0.444 e. The molecular formula is C18H34N2O2. The van der Waals surface area contributed by atoms with Crippen LogP contribution in [-0.4, -0.2) is 42.8 Å². The number of amides is 1. The molecule has 2 fully saturated rings. The van der Waals surface area contributed by atoms with Crippen molar-refractivity contribution in [3.05, 3.63) is 0 Å². The van der Waals surface area contributed by atoms with Gasteiger partial charge >= 0.3 is 6.09 Å². The van der Waals surface area contributed by atoms with E-state index < -0.39 is 5.60 Å². The first-order valence-electron chi connectivity index (χ1n) is 9.13. The molecule has 22 heavy (non-hydrogen) atoms. The van der Waals surface area contributed by atoms with Crippen LogP contribution in [-0.2, 0) is 4.74 Å². The molecule has 4 nitrogen and oxygen atoms in total. The molecule has 2 aliphatic rings. The van der Waals surface area contributed by atoms with Crippen LogP contribution in [0.1, 0.15) is 65.7 Å². The molecule has 1 saturated carbocycles. The maximum Gasteiger partial charge on any atom is 0.410 e. The summed E-state index contributed by atoms with van der Waals surface area (Å²) in [5.41, 5.74) is -0.395. The second kappa shape index (κ2) is 8.19. The molecule has 0 aromatic heterocycles. The second-order valence-electron chi connectivity index (χ2n) is 8.08. The van der Waals surface area contributed by atoms with Gasteiger partial charge in [0, 0.05) is 13.1 Å². The molecule has 0 aromatic rings. The Balaban J connectivity index is 1.57. The van der Waals surface area contributed by atoms with Gasteiger partial charge in [0.2, 0.25) is 0 Å². The highest BCUT2D eigenvalue weighted by atomic mass is 16.6. The van der Waals surface area contributed by atoms with E-state index in [1.807, 2.05) is 25.7 Å². The average Bonchev–Trinajstić information content (AvgIpc) is 2.92. The Labute approximate surface area is 136 Å². The van der Waals surface area contributed by atoms with Crippen molar-refractivity contribution in [3.8, 4) is 0 Å². The lowest BCUT2D eigenvalue weighted by Gasteiger charge is -2.24. The van der Waals surface area contributed by atoms with E-state index in [4.69, 9.17) is 4.74 Å². The number of carbonyl (C=O) groups is 1. The smallest absolute Gasteiger partial charge is 0.410 e. The number of rotatable bonds is 5. The average molecular weight is 310 g/mol. The Hall–Kier alpha value is -0.770. The van der Waals surface area contributed by atoms with Crippen molar-refractivity contribution >= 4 is 6.09 Å². The van der Waals surface area contributed by atoms with Crippen molar-refractivity contribution in [1.29, 1.82) is 0 Å². The first kappa shape index (κ1) is 17.6. The van der Waals surface area contributed by atoms with Crippen LogP contribution in [0.2, 0.25) is 0 Å². The van der Waals surface area contributed by atoms with Gasteiger partial charge in [0.25, 0.3) is 0 Å². The monoisotopic (exact) mass is 310 g/mol. The molecule has 1 saturated heterocycles. The molecule has 4 heteroatoms. The van der Waals surface area contributed by atoms with E-state index in [-0.39, 0.29) is 6.09 Å². The van der Waals surface area contributed by atoms with Gasteiger partial charge in [-0.3, -0.25) is 0 Å². The molecule has 1 unspecified atom stereocenters. The van der Waals surface area contributed by atoms with E-state index in [2.05, 4.69) is 5.32 Å². The summed E-state index contributed by atoms with van der Waals surface area (Å²) >= 11 is 0. The maximum atomic E-state index is 12.0. The molecule has 1 aliphatic heterocycles. The fourth-order valence-electron chi connectivity index (χ4n) is 3.58. The first-order valence-corrected chi connectivity index (χ1v) is 9.13. The zero-order valence-electron chi connectivity index (χ0n) is 14.7. The molecule has 0 radical (unpaired) electrons. The van der Waals surface area contributed by atoms with Crippen molar-refractivity contribution in [2.24, 2.45) is 11.8 Å². The summed E-state index contributed by atoms with van der Waals surface area (Å²) in [6.45, 7) is 9.61. The summed E-state index contributed by atoms with van der Waals surface area (Å²) in [6, 6.07) is 0. The standard InChI is InChI=1S/C18H34N2O2/c1-18(2,3)22-17(21)20-12-10-16(14-20)13-19-11-9-15-7-5-4-6-8-15/h15-16,19H,4-14H2,1-3H3. The Morgan fingerprint density at radius 2 is 1.86 bits per heavy atom. The van der Waals surface area contributed by atoms with Gasteiger partial charge in [0.15, 0.2) is 0 Å². The lowest BCUT2D eigenvalue weighted by molar-refractivity contribution is 0.0288. The topological polar surface area (TPSA) is 41.6 Å². The van der Waals surface area contributed by atoms with Crippen LogP contribution in [0.4, 0.5) is 4.79 Å². The van der Waals surface area contributed by atoms with Gasteiger partial charge < -0.3 is 15.0 Å². The Kier molecular flexibility index (Phi) is 6.54. The third kappa shape index (κ3) is 6.15. The third-order valence-electron chi connectivity index (χ3n) is 4.82. The summed E-state index contributed by atoms with van der Waals surface area (Å²) in [5.74, 6) is 1.53. The van der Waals surface area contributed by atoms with Gasteiger partial charge in [-0.1, -0.05) is 32.1 Å². The molecule has 1 aliphatic carbocycles. The molecule has 1 heterocycles. The summed E-state index contributed by atoms with van der Waals surface area (Å²) in [7, 11) is 0. The van der Waals surface area contributed by atoms with Crippen LogP contribution in [0.5, 0.6) is 0 Å². The van der Waals surface area contributed by atoms with E-state index >= 15 is 0 Å². The number of ether oxygens (including phenoxy) is 1. The highest BCUT2D eigenvalue weighted by Gasteiger charge is 2.29. The predicted molar refractivity (Wildman–Crippen MR) is 90.0 cm³/mol. The van der Waals surface area contributed by atoms with Crippen molar-refractivity contribution < 1.29 is 9.53 Å². The van der Waals surface area contributed by atoms with Gasteiger partial charge in [0.05, 0.1) is 0 Å². The molecule has 1 amide bonds. The summed E-state index contributed by atoms with van der Waals surface area (Å²) in [6.07, 6.45) is 9.41. The van der Waals surface area contributed by atoms with Gasteiger partial charge in [-0.2, -0.15) is 0 Å². The summed E-state index contributed by atoms with van der Waals surface area (Å²) in [5, 5.41) is 3.60. The summed E-state index contributed by atoms with van der Waals surface area (Å²) < 4.78 is 5.44. The van der Waals surface area contributed by atoms with E-state index in [0.29, 0.717) is 5.92 Å². The lowest BCUT2D eigenvalue weighted by atomic mass is 9.87. The van der Waals surface area contributed by atoms with Crippen LogP contribution in [0, 0.1) is 11.8 Å². The molecule has 0 spiro atoms. The van der Waals surface area contributed by atoms with E-state index in [1.54, 1.807) is 0 Å². The molecular weight excluding hydrogens is 276 g/mol. The third-order valence-corrected chi connectivity index (χ3v) is 4.82. The van der Waals surface area contributed by atoms with E-state index in [0.717, 1.165) is 38.5 Å². The molecule has 1 atom stereocenters. The van der Waals surface area contributed by atoms with Crippen molar-refractivity contribution in [2.45, 2.75) is 71.3 Å². The highest BCUT2D eigenvalue weighted by Crippen LogP contribution is 2.26. The van der Waals surface area contributed by atoms with Crippen LogP contribution < -0.4 is 5.32 Å². The zero-order chi connectivity index (χ0) is 16.0. The van der Waals surface area contributed by atoms with Gasteiger partial charge in [-0.15, -0.1) is 0 Å². The quantitative estimate of drug-likeness (QED) is 0.785. The Bertz CT molecular complexity index is 345. The van der Waals surface area contributed by atoms with Crippen LogP contribution >= 0.6 is 0 Å². The number of nitrogens with zero attached hydrogens (tertiary/aromatic N) is 1. The highest BCUT2D eigenvalue weighted by molar-refractivity contribution is 5.68. The predicted octanol–water partition coefficient (Wildman–Crippen LogP) is 3.80. The minimum absolute atomic E-state index is 0.155. The SMILES string of the molecule is CC(C)(C)OC(=O)N1CCC(CNCCC2CCCCC2)C1. The second-order valence-corrected chi connectivity index (χ2v) is 8.08. The normalized spacial score (nSPS) is 23.8. The van der Waals surface area contributed by atoms with Gasteiger partial charge in [-0.25, -0.2) is 4.79 Å². The fraction of sp³-hybridized carbons (Fsp3) is 0.944.